The molecule has 0 spiro atoms. The average molecular weight is 225 g/mol. The van der Waals surface area contributed by atoms with Gasteiger partial charge in [-0.3, -0.25) is 0 Å². The molecule has 6 heteroatoms. The lowest BCUT2D eigenvalue weighted by molar-refractivity contribution is 0.458. The van der Waals surface area contributed by atoms with Crippen LogP contribution in [-0.2, 0) is 5.41 Å². The second kappa shape index (κ2) is 3.53. The fourth-order valence-electron chi connectivity index (χ4n) is 1.34. The molecule has 2 rings (SSSR count). The van der Waals surface area contributed by atoms with Crippen LogP contribution in [0.15, 0.2) is 0 Å². The summed E-state index contributed by atoms with van der Waals surface area (Å²) in [5, 5.41) is 13.6. The zero-order chi connectivity index (χ0) is 11.1. The number of hydrogen-bond donors (Lipinski definition) is 1. The largest absolute Gasteiger partial charge is 0.330 e. The van der Waals surface area contributed by atoms with E-state index in [0.717, 1.165) is 22.2 Å². The van der Waals surface area contributed by atoms with E-state index in [9.17, 15) is 0 Å². The van der Waals surface area contributed by atoms with Crippen molar-refractivity contribution in [1.82, 2.24) is 19.8 Å². The molecule has 0 aromatic carbocycles. The lowest BCUT2D eigenvalue weighted by Crippen LogP contribution is -2.31. The highest BCUT2D eigenvalue weighted by molar-refractivity contribution is 7.16. The van der Waals surface area contributed by atoms with Crippen LogP contribution in [0.25, 0.3) is 4.96 Å². The van der Waals surface area contributed by atoms with E-state index in [-0.39, 0.29) is 5.41 Å². The van der Waals surface area contributed by atoms with Crippen LogP contribution in [-0.4, -0.2) is 26.4 Å². The normalized spacial score (nSPS) is 15.7. The Morgan fingerprint density at radius 3 is 2.73 bits per heavy atom. The van der Waals surface area contributed by atoms with Gasteiger partial charge in [0.05, 0.1) is 0 Å². The molecule has 0 fully saturated rings. The third-order valence-electron chi connectivity index (χ3n) is 2.89. The molecule has 1 atom stereocenters. The minimum atomic E-state index is -0.0438. The summed E-state index contributed by atoms with van der Waals surface area (Å²) in [6.45, 7) is 6.76. The predicted octanol–water partition coefficient (Wildman–Crippen LogP) is 1.12. The Kier molecular flexibility index (Phi) is 2.47. The Hall–Kier alpha value is -1.01. The van der Waals surface area contributed by atoms with Gasteiger partial charge in [0.15, 0.2) is 5.82 Å². The molecule has 5 nitrogen and oxygen atoms in total. The second-order valence-corrected chi connectivity index (χ2v) is 4.92. The highest BCUT2D eigenvalue weighted by Crippen LogP contribution is 2.29. The molecule has 0 aliphatic carbocycles. The number of hydrogen-bond acceptors (Lipinski definition) is 5. The number of nitrogens with zero attached hydrogens (tertiary/aromatic N) is 4. The van der Waals surface area contributed by atoms with E-state index in [1.165, 1.54) is 0 Å². The fraction of sp³-hybridized carbons (Fsp3) is 0.667. The first-order chi connectivity index (χ1) is 7.10. The molecule has 0 saturated heterocycles. The van der Waals surface area contributed by atoms with Crippen LogP contribution in [0.1, 0.15) is 31.1 Å². The molecule has 0 saturated carbocycles. The number of aromatic nitrogens is 4. The molecule has 2 heterocycles. The van der Waals surface area contributed by atoms with Crippen molar-refractivity contribution in [1.29, 1.82) is 0 Å². The molecule has 2 N–H and O–H groups in total. The van der Waals surface area contributed by atoms with E-state index < -0.39 is 0 Å². The van der Waals surface area contributed by atoms with Crippen molar-refractivity contribution in [2.45, 2.75) is 32.6 Å². The molecule has 0 aliphatic heterocycles. The Bertz CT molecular complexity index is 468. The van der Waals surface area contributed by atoms with Crippen LogP contribution in [0.2, 0.25) is 0 Å². The molecular weight excluding hydrogens is 210 g/mol. The lowest BCUT2D eigenvalue weighted by atomic mass is 9.89. The zero-order valence-electron chi connectivity index (χ0n) is 9.19. The standard InChI is InChI=1S/C9H15N5S/c1-4-9(3,5-10)7-13-14-6(2)11-12-8(14)15-7/h4-5,10H2,1-3H3. The Morgan fingerprint density at radius 1 is 1.47 bits per heavy atom. The van der Waals surface area contributed by atoms with Gasteiger partial charge in [-0.2, -0.15) is 9.61 Å². The second-order valence-electron chi connectivity index (χ2n) is 3.97. The minimum absolute atomic E-state index is 0.0438. The van der Waals surface area contributed by atoms with Crippen molar-refractivity contribution in [3.8, 4) is 0 Å². The fourth-order valence-corrected chi connectivity index (χ4v) is 2.45. The van der Waals surface area contributed by atoms with Crippen LogP contribution in [0.3, 0.4) is 0 Å². The molecule has 2 aromatic heterocycles. The first-order valence-corrected chi connectivity index (χ1v) is 5.82. The summed E-state index contributed by atoms with van der Waals surface area (Å²) in [5.41, 5.74) is 5.76. The van der Waals surface area contributed by atoms with Crippen molar-refractivity contribution in [3.05, 3.63) is 10.8 Å². The Labute approximate surface area is 92.3 Å². The maximum absolute atomic E-state index is 5.80. The van der Waals surface area contributed by atoms with Gasteiger partial charge in [0.1, 0.15) is 5.01 Å². The third-order valence-corrected chi connectivity index (χ3v) is 4.10. The van der Waals surface area contributed by atoms with Crippen LogP contribution >= 0.6 is 11.3 Å². The van der Waals surface area contributed by atoms with E-state index in [1.54, 1.807) is 15.9 Å². The Balaban J connectivity index is 2.52. The average Bonchev–Trinajstić information content (AvgIpc) is 2.80. The summed E-state index contributed by atoms with van der Waals surface area (Å²) in [5.74, 6) is 0.822. The third kappa shape index (κ3) is 1.53. The van der Waals surface area contributed by atoms with Gasteiger partial charge in [0.25, 0.3) is 0 Å². The predicted molar refractivity (Wildman–Crippen MR) is 60.1 cm³/mol. The molecular formula is C9H15N5S. The van der Waals surface area contributed by atoms with Crippen LogP contribution in [0, 0.1) is 6.92 Å². The van der Waals surface area contributed by atoms with Gasteiger partial charge in [-0.15, -0.1) is 10.2 Å². The van der Waals surface area contributed by atoms with Crippen molar-refractivity contribution < 1.29 is 0 Å². The first kappa shape index (κ1) is 10.5. The SMILES string of the molecule is CCC(C)(CN)c1nn2c(C)nnc2s1. The monoisotopic (exact) mass is 225 g/mol. The quantitative estimate of drug-likeness (QED) is 0.850. The summed E-state index contributed by atoms with van der Waals surface area (Å²) in [6.07, 6.45) is 0.979. The lowest BCUT2D eigenvalue weighted by Gasteiger charge is -2.22. The van der Waals surface area contributed by atoms with E-state index in [1.807, 2.05) is 6.92 Å². The van der Waals surface area contributed by atoms with Crippen LogP contribution in [0.5, 0.6) is 0 Å². The van der Waals surface area contributed by atoms with E-state index in [4.69, 9.17) is 5.73 Å². The maximum atomic E-state index is 5.80. The summed E-state index contributed by atoms with van der Waals surface area (Å²) in [6, 6.07) is 0. The van der Waals surface area contributed by atoms with Gasteiger partial charge < -0.3 is 5.73 Å². The van der Waals surface area contributed by atoms with Crippen LogP contribution < -0.4 is 5.73 Å². The minimum Gasteiger partial charge on any atom is -0.330 e. The topological polar surface area (TPSA) is 69.1 Å². The molecule has 2 aromatic rings. The van der Waals surface area contributed by atoms with E-state index >= 15 is 0 Å². The number of fused-ring (bicyclic) bond motifs is 1. The van der Waals surface area contributed by atoms with Gasteiger partial charge in [-0.25, -0.2) is 0 Å². The maximum Gasteiger partial charge on any atom is 0.234 e. The Morgan fingerprint density at radius 2 is 2.20 bits per heavy atom. The first-order valence-electron chi connectivity index (χ1n) is 5.00. The number of aryl methyl sites for hydroxylation is 1. The highest BCUT2D eigenvalue weighted by atomic mass is 32.1. The van der Waals surface area contributed by atoms with Gasteiger partial charge in [0, 0.05) is 12.0 Å². The highest BCUT2D eigenvalue weighted by Gasteiger charge is 2.28. The van der Waals surface area contributed by atoms with E-state index in [0.29, 0.717) is 6.54 Å². The summed E-state index contributed by atoms with van der Waals surface area (Å²) in [7, 11) is 0. The summed E-state index contributed by atoms with van der Waals surface area (Å²) in [4.78, 5) is 0.843. The van der Waals surface area contributed by atoms with Gasteiger partial charge in [-0.05, 0) is 13.3 Å². The van der Waals surface area contributed by atoms with Crippen molar-refractivity contribution in [2.24, 2.45) is 5.73 Å². The number of nitrogens with two attached hydrogens (primary N) is 1. The molecule has 0 bridgehead atoms. The number of rotatable bonds is 3. The molecule has 0 radical (unpaired) electrons. The van der Waals surface area contributed by atoms with Gasteiger partial charge >= 0.3 is 0 Å². The molecule has 82 valence electrons. The molecule has 0 aliphatic rings. The van der Waals surface area contributed by atoms with Crippen molar-refractivity contribution in [2.75, 3.05) is 6.54 Å². The van der Waals surface area contributed by atoms with Crippen molar-refractivity contribution in [3.63, 3.8) is 0 Å². The van der Waals surface area contributed by atoms with Gasteiger partial charge in [-0.1, -0.05) is 25.2 Å². The summed E-state index contributed by atoms with van der Waals surface area (Å²) < 4.78 is 1.78. The van der Waals surface area contributed by atoms with Gasteiger partial charge in [0.2, 0.25) is 4.96 Å². The molecule has 1 unspecified atom stereocenters. The van der Waals surface area contributed by atoms with E-state index in [2.05, 4.69) is 29.1 Å². The molecule has 15 heavy (non-hydrogen) atoms. The smallest absolute Gasteiger partial charge is 0.234 e. The zero-order valence-corrected chi connectivity index (χ0v) is 10.0. The molecule has 0 amide bonds. The van der Waals surface area contributed by atoms with Crippen molar-refractivity contribution >= 4 is 16.3 Å². The van der Waals surface area contributed by atoms with Crippen LogP contribution in [0.4, 0.5) is 0 Å². The summed E-state index contributed by atoms with van der Waals surface area (Å²) >= 11 is 1.57.